The number of hydrogen-bond donors (Lipinski definition) is 2. The molecule has 0 aromatic carbocycles. The minimum Gasteiger partial charge on any atom is -0.463 e. The molecule has 3 heterocycles. The lowest BCUT2D eigenvalue weighted by Gasteiger charge is -2.68. The predicted octanol–water partition coefficient (Wildman–Crippen LogP) is 1.44. The standard InChI is InChI=1S/C24H31NO6.ClH/c1-10-5-22-8-14-17-21(4)6-13(30-11(2)26)7-23(17)18(22)16(28)15(10)19(31-12(3)27)24(22,29)20(23)25(14)9-21;/h13-20,28-29H,1,5-9H2,2-4H3;1H/t13-,14-,15+,16+,17+,18+,19+,20-,21-,22+,23-,24-;/m0./s1. The molecule has 9 fully saturated rings. The largest absolute Gasteiger partial charge is 0.463 e. The maximum Gasteiger partial charge on any atom is 0.303 e. The van der Waals surface area contributed by atoms with Crippen LogP contribution < -0.4 is 0 Å². The van der Waals surface area contributed by atoms with E-state index in [2.05, 4.69) is 18.4 Å². The van der Waals surface area contributed by atoms with Crippen molar-refractivity contribution in [3.05, 3.63) is 12.2 Å². The molecule has 9 aliphatic rings. The van der Waals surface area contributed by atoms with Gasteiger partial charge in [-0.05, 0) is 37.0 Å². The van der Waals surface area contributed by atoms with Gasteiger partial charge in [-0.15, -0.1) is 12.4 Å². The predicted molar refractivity (Wildman–Crippen MR) is 115 cm³/mol. The van der Waals surface area contributed by atoms with Gasteiger partial charge in [-0.2, -0.15) is 0 Å². The van der Waals surface area contributed by atoms with Crippen molar-refractivity contribution in [1.82, 2.24) is 4.90 Å². The van der Waals surface area contributed by atoms with Gasteiger partial charge in [0.25, 0.3) is 0 Å². The van der Waals surface area contributed by atoms with Gasteiger partial charge in [0.2, 0.25) is 0 Å². The van der Waals surface area contributed by atoms with Crippen LogP contribution in [0.1, 0.15) is 46.5 Å². The van der Waals surface area contributed by atoms with E-state index in [4.69, 9.17) is 9.47 Å². The van der Waals surface area contributed by atoms with Crippen molar-refractivity contribution in [3.8, 4) is 0 Å². The average Bonchev–Trinajstić information content (AvgIpc) is 3.03. The normalized spacial score (nSPS) is 61.5. The maximum atomic E-state index is 12.6. The van der Waals surface area contributed by atoms with Crippen molar-refractivity contribution in [2.75, 3.05) is 6.54 Å². The van der Waals surface area contributed by atoms with Gasteiger partial charge in [0.15, 0.2) is 0 Å². The lowest BCUT2D eigenvalue weighted by atomic mass is 9.39. The van der Waals surface area contributed by atoms with E-state index in [-0.39, 0.29) is 47.3 Å². The van der Waals surface area contributed by atoms with Crippen molar-refractivity contribution in [1.29, 1.82) is 0 Å². The highest BCUT2D eigenvalue weighted by Gasteiger charge is 2.95. The first kappa shape index (κ1) is 21.4. The highest BCUT2D eigenvalue weighted by Crippen LogP contribution is 2.88. The number of fused-ring (bicyclic) bond motifs is 1. The van der Waals surface area contributed by atoms with Gasteiger partial charge in [-0.1, -0.05) is 19.1 Å². The zero-order valence-electron chi connectivity index (χ0n) is 18.7. The summed E-state index contributed by atoms with van der Waals surface area (Å²) < 4.78 is 11.6. The minimum absolute atomic E-state index is 0. The first-order valence-corrected chi connectivity index (χ1v) is 11.7. The molecule has 32 heavy (non-hydrogen) atoms. The highest BCUT2D eigenvalue weighted by molar-refractivity contribution is 5.85. The molecule has 0 aromatic heterocycles. The Bertz CT molecular complexity index is 972. The van der Waals surface area contributed by atoms with E-state index < -0.39 is 35.1 Å². The summed E-state index contributed by atoms with van der Waals surface area (Å²) in [5.74, 6) is -0.896. The van der Waals surface area contributed by atoms with Crippen molar-refractivity contribution in [3.63, 3.8) is 0 Å². The molecule has 3 aliphatic heterocycles. The molecule has 9 rings (SSSR count). The summed E-state index contributed by atoms with van der Waals surface area (Å²) >= 11 is 0. The summed E-state index contributed by atoms with van der Waals surface area (Å²) in [6.07, 6.45) is 1.30. The van der Waals surface area contributed by atoms with Crippen LogP contribution in [-0.4, -0.2) is 69.6 Å². The monoisotopic (exact) mass is 465 g/mol. The third-order valence-electron chi connectivity index (χ3n) is 10.9. The van der Waals surface area contributed by atoms with E-state index in [0.29, 0.717) is 24.8 Å². The number of hydrogen-bond acceptors (Lipinski definition) is 7. The molecule has 7 nitrogen and oxygen atoms in total. The van der Waals surface area contributed by atoms with Crippen LogP contribution in [0.2, 0.25) is 0 Å². The van der Waals surface area contributed by atoms with Crippen LogP contribution in [0, 0.1) is 34.0 Å². The lowest BCUT2D eigenvalue weighted by molar-refractivity contribution is -0.284. The Labute approximate surface area is 193 Å². The number of piperidine rings is 2. The van der Waals surface area contributed by atoms with E-state index in [0.717, 1.165) is 25.0 Å². The Morgan fingerprint density at radius 3 is 2.47 bits per heavy atom. The maximum absolute atomic E-state index is 12.6. The molecule has 0 aromatic rings. The smallest absolute Gasteiger partial charge is 0.303 e. The van der Waals surface area contributed by atoms with Gasteiger partial charge in [-0.3, -0.25) is 14.5 Å². The number of rotatable bonds is 2. The zero-order valence-corrected chi connectivity index (χ0v) is 19.6. The first-order chi connectivity index (χ1) is 14.5. The number of halogens is 1. The summed E-state index contributed by atoms with van der Waals surface area (Å²) in [4.78, 5) is 26.5. The van der Waals surface area contributed by atoms with Gasteiger partial charge in [0, 0.05) is 55.1 Å². The topological polar surface area (TPSA) is 96.3 Å². The second-order valence-corrected chi connectivity index (χ2v) is 12.1. The number of aliphatic hydroxyl groups excluding tert-OH is 1. The van der Waals surface area contributed by atoms with E-state index >= 15 is 0 Å². The molecule has 6 saturated carbocycles. The Morgan fingerprint density at radius 2 is 1.81 bits per heavy atom. The minimum atomic E-state index is -1.21. The Hall–Kier alpha value is -1.15. The molecule has 176 valence electrons. The molecule has 3 saturated heterocycles. The number of esters is 2. The average molecular weight is 466 g/mol. The molecular formula is C24H32ClNO6. The quantitative estimate of drug-likeness (QED) is 0.470. The van der Waals surface area contributed by atoms with Gasteiger partial charge >= 0.3 is 11.9 Å². The number of ether oxygens (including phenoxy) is 2. The molecule has 8 heteroatoms. The first-order valence-electron chi connectivity index (χ1n) is 11.7. The van der Waals surface area contributed by atoms with Crippen molar-refractivity contribution >= 4 is 24.3 Å². The van der Waals surface area contributed by atoms with Crippen LogP contribution in [0.5, 0.6) is 0 Å². The fourth-order valence-corrected chi connectivity index (χ4v) is 11.3. The van der Waals surface area contributed by atoms with Crippen LogP contribution in [0.15, 0.2) is 12.2 Å². The third kappa shape index (κ3) is 1.82. The highest BCUT2D eigenvalue weighted by atomic mass is 35.5. The van der Waals surface area contributed by atoms with Crippen molar-refractivity contribution < 1.29 is 29.3 Å². The SMILES string of the molecule is C=C1C[C@@]23C[C@H]4[C@@H]5[C@@]6(C)C[C@H](OC(C)=O)C[C@@]57[C@@H]2[C@H](O)[C@@H]1[C@@H](OC(C)=O)[C@]3(O)[C@H]7N4C6.Cl. The fourth-order valence-electron chi connectivity index (χ4n) is 11.3. The summed E-state index contributed by atoms with van der Waals surface area (Å²) in [5.41, 5.74) is -1.20. The van der Waals surface area contributed by atoms with E-state index in [1.165, 1.54) is 13.8 Å². The van der Waals surface area contributed by atoms with E-state index in [9.17, 15) is 19.8 Å². The number of carbonyl (C=O) groups is 2. The number of carbonyl (C=O) groups excluding carboxylic acids is 2. The third-order valence-corrected chi connectivity index (χ3v) is 10.9. The fraction of sp³-hybridized carbons (Fsp3) is 0.833. The number of nitrogens with zero attached hydrogens (tertiary/aromatic N) is 1. The molecule has 0 amide bonds. The molecule has 2 N–H and O–H groups in total. The summed E-state index contributed by atoms with van der Waals surface area (Å²) in [6, 6.07) is 0.176. The van der Waals surface area contributed by atoms with Crippen LogP contribution in [-0.2, 0) is 19.1 Å². The van der Waals surface area contributed by atoms with Crippen LogP contribution >= 0.6 is 12.4 Å². The second kappa shape index (κ2) is 5.73. The molecule has 2 spiro atoms. The number of aliphatic hydroxyl groups is 2. The molecular weight excluding hydrogens is 434 g/mol. The zero-order chi connectivity index (χ0) is 21.9. The molecule has 13 atom stereocenters. The van der Waals surface area contributed by atoms with Crippen LogP contribution in [0.3, 0.4) is 0 Å². The summed E-state index contributed by atoms with van der Waals surface area (Å²) in [7, 11) is 0. The van der Waals surface area contributed by atoms with Gasteiger partial charge in [-0.25, -0.2) is 0 Å². The van der Waals surface area contributed by atoms with Crippen LogP contribution in [0.25, 0.3) is 0 Å². The van der Waals surface area contributed by atoms with E-state index in [1.807, 2.05) is 0 Å². The van der Waals surface area contributed by atoms with E-state index in [1.54, 1.807) is 0 Å². The molecule has 6 aliphatic carbocycles. The Balaban J connectivity index is 0.00000196. The molecule has 1 unspecified atom stereocenters. The second-order valence-electron chi connectivity index (χ2n) is 12.1. The van der Waals surface area contributed by atoms with Crippen LogP contribution in [0.4, 0.5) is 0 Å². The van der Waals surface area contributed by atoms with Crippen molar-refractivity contribution in [2.24, 2.45) is 34.0 Å². The van der Waals surface area contributed by atoms with Gasteiger partial charge in [0.05, 0.1) is 6.10 Å². The van der Waals surface area contributed by atoms with Gasteiger partial charge < -0.3 is 19.7 Å². The van der Waals surface area contributed by atoms with Gasteiger partial charge in [0.1, 0.15) is 17.8 Å². The van der Waals surface area contributed by atoms with Crippen molar-refractivity contribution in [2.45, 2.75) is 82.5 Å². The summed E-state index contributed by atoms with van der Waals surface area (Å²) in [5, 5.41) is 24.4. The summed E-state index contributed by atoms with van der Waals surface area (Å²) in [6.45, 7) is 10.3. The Morgan fingerprint density at radius 1 is 1.12 bits per heavy atom. The lowest BCUT2D eigenvalue weighted by Crippen LogP contribution is -2.77. The Kier molecular flexibility index (Phi) is 3.83. The molecule has 0 radical (unpaired) electrons. The molecule has 9 bridgehead atoms.